The van der Waals surface area contributed by atoms with E-state index in [0.29, 0.717) is 26.2 Å². The molecule has 0 aliphatic carbocycles. The maximum Gasteiger partial charge on any atom is 0.237 e. The first-order chi connectivity index (χ1) is 14.3. The lowest BCUT2D eigenvalue weighted by Crippen LogP contribution is -2.51. The quantitative estimate of drug-likeness (QED) is 0.743. The Hall–Kier alpha value is -2.52. The zero-order valence-corrected chi connectivity index (χ0v) is 16.5. The van der Waals surface area contributed by atoms with E-state index in [2.05, 4.69) is 24.8 Å². The standard InChI is InChI=1S/C20H26N6O3/c27-18(13-24-7-9-25(10-8-24)20-21-4-1-5-22-20)26-6-2-17-16(12-26)23-19(29-17)15-3-11-28-14-15/h1,4-5,15H,2-3,6-14H2. The third kappa shape index (κ3) is 3.97. The molecule has 2 aromatic heterocycles. The van der Waals surface area contributed by atoms with Crippen LogP contribution in [0.1, 0.15) is 29.7 Å². The molecule has 2 aromatic rings. The number of amides is 1. The van der Waals surface area contributed by atoms with Crippen LogP contribution in [0, 0.1) is 0 Å². The molecule has 1 amide bonds. The molecule has 0 radical (unpaired) electrons. The molecule has 1 atom stereocenters. The van der Waals surface area contributed by atoms with E-state index in [4.69, 9.17) is 9.15 Å². The molecule has 9 nitrogen and oxygen atoms in total. The van der Waals surface area contributed by atoms with Crippen LogP contribution in [0.25, 0.3) is 0 Å². The van der Waals surface area contributed by atoms with Crippen LogP contribution in [0.3, 0.4) is 0 Å². The number of rotatable bonds is 4. The van der Waals surface area contributed by atoms with Crippen LogP contribution in [0.4, 0.5) is 5.95 Å². The third-order valence-electron chi connectivity index (χ3n) is 5.94. The minimum atomic E-state index is 0.161. The van der Waals surface area contributed by atoms with Crippen molar-refractivity contribution in [1.29, 1.82) is 0 Å². The van der Waals surface area contributed by atoms with Crippen LogP contribution >= 0.6 is 0 Å². The van der Waals surface area contributed by atoms with Crippen LogP contribution in [-0.4, -0.2) is 83.1 Å². The van der Waals surface area contributed by atoms with Crippen molar-refractivity contribution in [2.75, 3.05) is 57.4 Å². The van der Waals surface area contributed by atoms with Crippen LogP contribution in [0.15, 0.2) is 22.9 Å². The van der Waals surface area contributed by atoms with E-state index < -0.39 is 0 Å². The Balaban J connectivity index is 1.14. The molecule has 1 unspecified atom stereocenters. The Labute approximate surface area is 169 Å². The highest BCUT2D eigenvalue weighted by atomic mass is 16.5. The molecule has 154 valence electrons. The molecule has 2 saturated heterocycles. The maximum absolute atomic E-state index is 12.9. The minimum Gasteiger partial charge on any atom is -0.445 e. The Morgan fingerprint density at radius 1 is 1.14 bits per heavy atom. The number of carbonyl (C=O) groups excluding carboxylic acids is 1. The predicted octanol–water partition coefficient (Wildman–Crippen LogP) is 0.675. The fraction of sp³-hybridized carbons (Fsp3) is 0.600. The van der Waals surface area contributed by atoms with E-state index in [0.717, 1.165) is 68.9 Å². The van der Waals surface area contributed by atoms with Crippen molar-refractivity contribution in [3.05, 3.63) is 35.8 Å². The molecule has 3 aliphatic rings. The van der Waals surface area contributed by atoms with E-state index in [9.17, 15) is 4.79 Å². The first kappa shape index (κ1) is 18.5. The average Bonchev–Trinajstić information content (AvgIpc) is 3.44. The van der Waals surface area contributed by atoms with Crippen LogP contribution in [-0.2, 0) is 22.5 Å². The molecular formula is C20H26N6O3. The number of ether oxygens (including phenoxy) is 1. The molecule has 0 aromatic carbocycles. The fourth-order valence-corrected chi connectivity index (χ4v) is 4.19. The lowest BCUT2D eigenvalue weighted by atomic mass is 10.1. The van der Waals surface area contributed by atoms with Gasteiger partial charge in [0.25, 0.3) is 0 Å². The Morgan fingerprint density at radius 2 is 1.97 bits per heavy atom. The summed E-state index contributed by atoms with van der Waals surface area (Å²) in [5.74, 6) is 2.90. The Morgan fingerprint density at radius 3 is 2.72 bits per heavy atom. The topological polar surface area (TPSA) is 87.8 Å². The highest BCUT2D eigenvalue weighted by Gasteiger charge is 2.30. The van der Waals surface area contributed by atoms with Gasteiger partial charge in [0, 0.05) is 58.1 Å². The number of oxazole rings is 1. The molecule has 29 heavy (non-hydrogen) atoms. The second-order valence-electron chi connectivity index (χ2n) is 7.86. The number of piperazine rings is 1. The summed E-state index contributed by atoms with van der Waals surface area (Å²) in [5.41, 5.74) is 0.914. The number of nitrogens with zero attached hydrogens (tertiary/aromatic N) is 6. The van der Waals surface area contributed by atoms with Crippen molar-refractivity contribution >= 4 is 11.9 Å². The summed E-state index contributed by atoms with van der Waals surface area (Å²) in [4.78, 5) is 32.4. The summed E-state index contributed by atoms with van der Waals surface area (Å²) >= 11 is 0. The summed E-state index contributed by atoms with van der Waals surface area (Å²) < 4.78 is 11.4. The molecule has 5 rings (SSSR count). The van der Waals surface area contributed by atoms with Gasteiger partial charge in [-0.3, -0.25) is 9.69 Å². The molecule has 3 aliphatic heterocycles. The zero-order valence-electron chi connectivity index (χ0n) is 16.5. The van der Waals surface area contributed by atoms with Gasteiger partial charge < -0.3 is 19.0 Å². The fourth-order valence-electron chi connectivity index (χ4n) is 4.19. The van der Waals surface area contributed by atoms with Gasteiger partial charge in [0.15, 0.2) is 5.89 Å². The lowest BCUT2D eigenvalue weighted by Gasteiger charge is -2.35. The molecular weight excluding hydrogens is 372 g/mol. The summed E-state index contributed by atoms with van der Waals surface area (Å²) in [5, 5.41) is 0. The van der Waals surface area contributed by atoms with Crippen molar-refractivity contribution in [3.63, 3.8) is 0 Å². The number of fused-ring (bicyclic) bond motifs is 1. The van der Waals surface area contributed by atoms with Gasteiger partial charge in [0.05, 0.1) is 25.6 Å². The lowest BCUT2D eigenvalue weighted by molar-refractivity contribution is -0.133. The van der Waals surface area contributed by atoms with Crippen LogP contribution in [0.5, 0.6) is 0 Å². The van der Waals surface area contributed by atoms with Gasteiger partial charge >= 0.3 is 0 Å². The minimum absolute atomic E-state index is 0.161. The molecule has 9 heteroatoms. The van der Waals surface area contributed by atoms with Gasteiger partial charge in [-0.15, -0.1) is 0 Å². The SMILES string of the molecule is O=C(CN1CCN(c2ncccn2)CC1)N1CCc2oc(C3CCOC3)nc2C1. The second-order valence-corrected chi connectivity index (χ2v) is 7.86. The Bertz CT molecular complexity index is 843. The smallest absolute Gasteiger partial charge is 0.237 e. The van der Waals surface area contributed by atoms with Gasteiger partial charge in [-0.1, -0.05) is 0 Å². The van der Waals surface area contributed by atoms with Crippen molar-refractivity contribution in [1.82, 2.24) is 24.8 Å². The van der Waals surface area contributed by atoms with Crippen LogP contribution in [0.2, 0.25) is 0 Å². The predicted molar refractivity (Wildman–Crippen MR) is 104 cm³/mol. The highest BCUT2D eigenvalue weighted by Crippen LogP contribution is 2.29. The molecule has 2 fully saturated rings. The largest absolute Gasteiger partial charge is 0.445 e. The van der Waals surface area contributed by atoms with Gasteiger partial charge in [0.2, 0.25) is 11.9 Å². The van der Waals surface area contributed by atoms with E-state index in [-0.39, 0.29) is 11.8 Å². The normalized spacial score (nSPS) is 22.7. The van der Waals surface area contributed by atoms with Crippen LogP contribution < -0.4 is 4.90 Å². The van der Waals surface area contributed by atoms with E-state index in [1.54, 1.807) is 12.4 Å². The van der Waals surface area contributed by atoms with Crippen molar-refractivity contribution in [2.24, 2.45) is 0 Å². The zero-order chi connectivity index (χ0) is 19.6. The van der Waals surface area contributed by atoms with Gasteiger partial charge in [0.1, 0.15) is 11.5 Å². The summed E-state index contributed by atoms with van der Waals surface area (Å²) in [6, 6.07) is 1.82. The molecule has 0 bridgehead atoms. The van der Waals surface area contributed by atoms with E-state index >= 15 is 0 Å². The van der Waals surface area contributed by atoms with Gasteiger partial charge in [-0.2, -0.15) is 0 Å². The monoisotopic (exact) mass is 398 g/mol. The van der Waals surface area contributed by atoms with Gasteiger partial charge in [-0.25, -0.2) is 15.0 Å². The molecule has 5 heterocycles. The molecule has 0 N–H and O–H groups in total. The van der Waals surface area contributed by atoms with E-state index in [1.165, 1.54) is 0 Å². The maximum atomic E-state index is 12.9. The van der Waals surface area contributed by atoms with Crippen molar-refractivity contribution in [3.8, 4) is 0 Å². The average molecular weight is 398 g/mol. The number of aromatic nitrogens is 3. The Kier molecular flexibility index (Phi) is 5.15. The van der Waals surface area contributed by atoms with Crippen molar-refractivity contribution in [2.45, 2.75) is 25.3 Å². The molecule has 0 saturated carbocycles. The second kappa shape index (κ2) is 8.08. The number of carbonyl (C=O) groups is 1. The number of hydrogen-bond acceptors (Lipinski definition) is 8. The number of anilines is 1. The first-order valence-corrected chi connectivity index (χ1v) is 10.3. The summed E-state index contributed by atoms with van der Waals surface area (Å²) in [6.07, 6.45) is 5.22. The third-order valence-corrected chi connectivity index (χ3v) is 5.94. The number of hydrogen-bond donors (Lipinski definition) is 0. The summed E-state index contributed by atoms with van der Waals surface area (Å²) in [7, 11) is 0. The van der Waals surface area contributed by atoms with Gasteiger partial charge in [-0.05, 0) is 12.5 Å². The van der Waals surface area contributed by atoms with Crippen molar-refractivity contribution < 1.29 is 13.9 Å². The molecule has 0 spiro atoms. The highest BCUT2D eigenvalue weighted by molar-refractivity contribution is 5.78. The van der Waals surface area contributed by atoms with E-state index in [1.807, 2.05) is 11.0 Å². The first-order valence-electron chi connectivity index (χ1n) is 10.3. The summed E-state index contributed by atoms with van der Waals surface area (Å²) in [6.45, 7) is 6.46.